The second-order valence-corrected chi connectivity index (χ2v) is 5.58. The summed E-state index contributed by atoms with van der Waals surface area (Å²) in [5, 5.41) is 3.31. The quantitative estimate of drug-likeness (QED) is 0.846. The van der Waals surface area contributed by atoms with Crippen LogP contribution in [0.1, 0.15) is 52.3 Å². The van der Waals surface area contributed by atoms with Gasteiger partial charge in [0, 0.05) is 6.20 Å². The topological polar surface area (TPSA) is 24.9 Å². The van der Waals surface area contributed by atoms with Gasteiger partial charge in [-0.05, 0) is 36.9 Å². The van der Waals surface area contributed by atoms with E-state index < -0.39 is 0 Å². The molecule has 0 aliphatic rings. The summed E-state index contributed by atoms with van der Waals surface area (Å²) in [6.07, 6.45) is 3.60. The van der Waals surface area contributed by atoms with Gasteiger partial charge in [0.2, 0.25) is 0 Å². The van der Waals surface area contributed by atoms with Crippen LogP contribution >= 0.6 is 0 Å². The van der Waals surface area contributed by atoms with E-state index in [1.165, 1.54) is 6.07 Å². The van der Waals surface area contributed by atoms with Gasteiger partial charge in [0.15, 0.2) is 0 Å². The summed E-state index contributed by atoms with van der Waals surface area (Å²) < 4.78 is 13.7. The Bertz CT molecular complexity index is 344. The first-order chi connectivity index (χ1) is 7.94. The van der Waals surface area contributed by atoms with E-state index in [2.05, 4.69) is 31.1 Å². The van der Waals surface area contributed by atoms with Crippen LogP contribution in [0.3, 0.4) is 0 Å². The molecule has 1 rings (SSSR count). The molecule has 0 bridgehead atoms. The summed E-state index contributed by atoms with van der Waals surface area (Å²) in [5.41, 5.74) is 0.803. The van der Waals surface area contributed by atoms with Crippen molar-refractivity contribution in [1.82, 2.24) is 10.3 Å². The van der Waals surface area contributed by atoms with Gasteiger partial charge in [-0.3, -0.25) is 4.98 Å². The molecule has 1 unspecified atom stereocenters. The molecule has 0 spiro atoms. The number of hydrogen-bond donors (Lipinski definition) is 1. The van der Waals surface area contributed by atoms with Gasteiger partial charge in [-0.25, -0.2) is 4.39 Å². The first kappa shape index (κ1) is 14.1. The van der Waals surface area contributed by atoms with Crippen LogP contribution < -0.4 is 5.32 Å². The van der Waals surface area contributed by atoms with Crippen molar-refractivity contribution in [2.75, 3.05) is 6.54 Å². The van der Waals surface area contributed by atoms with E-state index in [-0.39, 0.29) is 17.3 Å². The molecule has 96 valence electrons. The molecular formula is C14H23FN2. The molecule has 1 atom stereocenters. The van der Waals surface area contributed by atoms with E-state index in [0.717, 1.165) is 19.4 Å². The second-order valence-electron chi connectivity index (χ2n) is 5.58. The summed E-state index contributed by atoms with van der Waals surface area (Å²) in [4.78, 5) is 4.16. The molecule has 0 aliphatic heterocycles. The summed E-state index contributed by atoms with van der Waals surface area (Å²) in [5.74, 6) is -0.215. The van der Waals surface area contributed by atoms with Crippen LogP contribution in [0.5, 0.6) is 0 Å². The lowest BCUT2D eigenvalue weighted by molar-refractivity contribution is 0.328. The van der Waals surface area contributed by atoms with Crippen LogP contribution in [0, 0.1) is 11.2 Å². The van der Waals surface area contributed by atoms with Crippen molar-refractivity contribution in [3.8, 4) is 0 Å². The molecule has 0 amide bonds. The highest BCUT2D eigenvalue weighted by atomic mass is 19.1. The van der Waals surface area contributed by atoms with Crippen molar-refractivity contribution >= 4 is 0 Å². The van der Waals surface area contributed by atoms with Crippen LogP contribution in [0.2, 0.25) is 0 Å². The molecule has 0 fully saturated rings. The summed E-state index contributed by atoms with van der Waals surface area (Å²) in [7, 11) is 0. The monoisotopic (exact) mass is 238 g/mol. The third-order valence-corrected chi connectivity index (χ3v) is 2.75. The Labute approximate surface area is 104 Å². The maximum atomic E-state index is 13.7. The second kappa shape index (κ2) is 6.10. The Balaban J connectivity index is 2.75. The average molecular weight is 238 g/mol. The van der Waals surface area contributed by atoms with Crippen molar-refractivity contribution in [2.45, 2.75) is 46.6 Å². The fourth-order valence-electron chi connectivity index (χ4n) is 1.81. The standard InChI is InChI=1S/C14H23FN2/c1-5-16-12(8-9-14(2,3)4)13-11(15)7-6-10-17-13/h6-7,10,12,16H,5,8-9H2,1-4H3. The lowest BCUT2D eigenvalue weighted by Gasteiger charge is -2.23. The van der Waals surface area contributed by atoms with Gasteiger partial charge in [-0.2, -0.15) is 0 Å². The van der Waals surface area contributed by atoms with Crippen LogP contribution in [0.15, 0.2) is 18.3 Å². The zero-order valence-electron chi connectivity index (χ0n) is 11.3. The molecule has 0 aliphatic carbocycles. The lowest BCUT2D eigenvalue weighted by atomic mass is 9.88. The molecule has 1 aromatic rings. The zero-order valence-corrected chi connectivity index (χ0v) is 11.3. The Morgan fingerprint density at radius 1 is 1.41 bits per heavy atom. The smallest absolute Gasteiger partial charge is 0.146 e. The molecule has 0 aromatic carbocycles. The van der Waals surface area contributed by atoms with Gasteiger partial charge in [-0.1, -0.05) is 27.7 Å². The summed E-state index contributed by atoms with van der Waals surface area (Å²) in [6, 6.07) is 3.12. The van der Waals surface area contributed by atoms with E-state index in [0.29, 0.717) is 5.69 Å². The third kappa shape index (κ3) is 4.82. The lowest BCUT2D eigenvalue weighted by Crippen LogP contribution is -2.24. The first-order valence-electron chi connectivity index (χ1n) is 6.28. The van der Waals surface area contributed by atoms with E-state index in [1.807, 2.05) is 6.92 Å². The Morgan fingerprint density at radius 3 is 2.65 bits per heavy atom. The molecule has 1 aromatic heterocycles. The highest BCUT2D eigenvalue weighted by Crippen LogP contribution is 2.27. The minimum Gasteiger partial charge on any atom is -0.309 e. The molecule has 17 heavy (non-hydrogen) atoms. The number of pyridine rings is 1. The van der Waals surface area contributed by atoms with Crippen LogP contribution in [-0.2, 0) is 0 Å². The van der Waals surface area contributed by atoms with Crippen molar-refractivity contribution in [3.63, 3.8) is 0 Å². The van der Waals surface area contributed by atoms with Crippen molar-refractivity contribution < 1.29 is 4.39 Å². The molecular weight excluding hydrogens is 215 g/mol. The molecule has 3 heteroatoms. The molecule has 0 radical (unpaired) electrons. The van der Waals surface area contributed by atoms with Gasteiger partial charge < -0.3 is 5.32 Å². The number of nitrogens with one attached hydrogen (secondary N) is 1. The first-order valence-corrected chi connectivity index (χ1v) is 6.28. The average Bonchev–Trinajstić information content (AvgIpc) is 2.24. The highest BCUT2D eigenvalue weighted by Gasteiger charge is 2.19. The number of aromatic nitrogens is 1. The predicted octanol–water partition coefficient (Wildman–Crippen LogP) is 3.70. The molecule has 1 heterocycles. The number of nitrogens with zero attached hydrogens (tertiary/aromatic N) is 1. The zero-order chi connectivity index (χ0) is 12.9. The fraction of sp³-hybridized carbons (Fsp3) is 0.643. The predicted molar refractivity (Wildman–Crippen MR) is 69.3 cm³/mol. The maximum absolute atomic E-state index is 13.7. The van der Waals surface area contributed by atoms with E-state index in [4.69, 9.17) is 0 Å². The van der Waals surface area contributed by atoms with Gasteiger partial charge >= 0.3 is 0 Å². The van der Waals surface area contributed by atoms with Gasteiger partial charge in [0.25, 0.3) is 0 Å². The van der Waals surface area contributed by atoms with Gasteiger partial charge in [0.1, 0.15) is 5.82 Å². The van der Waals surface area contributed by atoms with Gasteiger partial charge in [-0.15, -0.1) is 0 Å². The van der Waals surface area contributed by atoms with Crippen LogP contribution in [0.4, 0.5) is 4.39 Å². The minimum atomic E-state index is -0.215. The number of rotatable bonds is 5. The molecule has 2 nitrogen and oxygen atoms in total. The Kier molecular flexibility index (Phi) is 5.06. The maximum Gasteiger partial charge on any atom is 0.146 e. The molecule has 0 saturated carbocycles. The van der Waals surface area contributed by atoms with Crippen molar-refractivity contribution in [3.05, 3.63) is 29.8 Å². The van der Waals surface area contributed by atoms with Crippen LogP contribution in [0.25, 0.3) is 0 Å². The number of hydrogen-bond acceptors (Lipinski definition) is 2. The van der Waals surface area contributed by atoms with Crippen LogP contribution in [-0.4, -0.2) is 11.5 Å². The van der Waals surface area contributed by atoms with E-state index in [1.54, 1.807) is 12.3 Å². The Morgan fingerprint density at radius 2 is 2.12 bits per heavy atom. The molecule has 1 N–H and O–H groups in total. The van der Waals surface area contributed by atoms with E-state index in [9.17, 15) is 4.39 Å². The number of halogens is 1. The SMILES string of the molecule is CCNC(CCC(C)(C)C)c1ncccc1F. The van der Waals surface area contributed by atoms with Crippen molar-refractivity contribution in [1.29, 1.82) is 0 Å². The van der Waals surface area contributed by atoms with E-state index >= 15 is 0 Å². The normalized spacial score (nSPS) is 13.7. The Hall–Kier alpha value is -0.960. The summed E-state index contributed by atoms with van der Waals surface area (Å²) >= 11 is 0. The largest absolute Gasteiger partial charge is 0.309 e. The fourth-order valence-corrected chi connectivity index (χ4v) is 1.81. The summed E-state index contributed by atoms with van der Waals surface area (Å²) in [6.45, 7) is 9.45. The highest BCUT2D eigenvalue weighted by molar-refractivity contribution is 5.11. The molecule has 0 saturated heterocycles. The minimum absolute atomic E-state index is 0.0143. The van der Waals surface area contributed by atoms with Crippen molar-refractivity contribution in [2.24, 2.45) is 5.41 Å². The third-order valence-electron chi connectivity index (χ3n) is 2.75. The van der Waals surface area contributed by atoms with Gasteiger partial charge in [0.05, 0.1) is 11.7 Å².